The van der Waals surface area contributed by atoms with Crippen LogP contribution in [-0.2, 0) is 21.4 Å². The van der Waals surface area contributed by atoms with Gasteiger partial charge in [0.05, 0.1) is 11.0 Å². The monoisotopic (exact) mass is 456 g/mol. The van der Waals surface area contributed by atoms with E-state index in [0.29, 0.717) is 5.75 Å². The van der Waals surface area contributed by atoms with Crippen molar-refractivity contribution < 1.29 is 24.5 Å². The number of carbonyl (C=O) groups is 1. The number of aliphatic carboxylic acids is 1. The molecule has 7 nitrogen and oxygen atoms in total. The van der Waals surface area contributed by atoms with E-state index in [9.17, 15) is 15.0 Å². The zero-order valence-corrected chi connectivity index (χ0v) is 19.8. The highest BCUT2D eigenvalue weighted by Gasteiger charge is 2.74. The second-order valence-corrected chi connectivity index (χ2v) is 11.3. The molecule has 2 saturated carbocycles. The number of carboxylic acids is 1. The molecule has 7 heteroatoms. The Morgan fingerprint density at radius 1 is 1.30 bits per heavy atom. The lowest BCUT2D eigenvalue weighted by Gasteiger charge is -2.66. The number of phenolic OH excluding ortho intramolecular Hbond substituents is 1. The van der Waals surface area contributed by atoms with E-state index in [4.69, 9.17) is 9.47 Å². The van der Waals surface area contributed by atoms with Crippen molar-refractivity contribution >= 4 is 5.97 Å². The van der Waals surface area contributed by atoms with Crippen LogP contribution in [-0.4, -0.2) is 71.1 Å². The van der Waals surface area contributed by atoms with Gasteiger partial charge in [0.15, 0.2) is 11.5 Å². The van der Waals surface area contributed by atoms with Gasteiger partial charge in [-0.2, -0.15) is 0 Å². The molecule has 0 radical (unpaired) electrons. The number of hydrogen-bond acceptors (Lipinski definition) is 6. The Bertz CT molecular complexity index is 978. The van der Waals surface area contributed by atoms with E-state index in [2.05, 4.69) is 16.3 Å². The standard InChI is InChI=1S/C26H36N2O5/c1-14(2)21(24(30)31)27-17-8-9-26(32-3)19-12-16-6-7-18(29)22-20(16)25(26,23(17)33-22)10-11-28(19)13-15-4-5-15/h6-7,14-15,17,19,21,23,27,29H,4-5,8-13H2,1-3H3,(H,30,31)/t17-,19?,21?,23-,25-,26+/m0/s1. The Morgan fingerprint density at radius 3 is 2.76 bits per heavy atom. The van der Waals surface area contributed by atoms with Crippen molar-refractivity contribution in [1.82, 2.24) is 10.2 Å². The Hall–Kier alpha value is -1.83. The summed E-state index contributed by atoms with van der Waals surface area (Å²) >= 11 is 0. The summed E-state index contributed by atoms with van der Waals surface area (Å²) in [5, 5.41) is 24.1. The van der Waals surface area contributed by atoms with Gasteiger partial charge in [-0.05, 0) is 68.5 Å². The molecule has 1 aromatic carbocycles. The molecule has 2 heterocycles. The largest absolute Gasteiger partial charge is 0.504 e. The minimum Gasteiger partial charge on any atom is -0.504 e. The maximum atomic E-state index is 12.0. The summed E-state index contributed by atoms with van der Waals surface area (Å²) in [6, 6.07) is 3.34. The van der Waals surface area contributed by atoms with Crippen molar-refractivity contribution in [3.8, 4) is 11.5 Å². The quantitative estimate of drug-likeness (QED) is 0.581. The highest BCUT2D eigenvalue weighted by molar-refractivity contribution is 5.74. The van der Waals surface area contributed by atoms with Crippen molar-refractivity contribution in [2.75, 3.05) is 20.2 Å². The van der Waals surface area contributed by atoms with Crippen LogP contribution in [0.4, 0.5) is 0 Å². The number of aromatic hydroxyl groups is 1. The molecule has 2 aliphatic heterocycles. The van der Waals surface area contributed by atoms with E-state index in [0.717, 1.165) is 50.3 Å². The first-order valence-electron chi connectivity index (χ1n) is 12.6. The van der Waals surface area contributed by atoms with E-state index < -0.39 is 17.6 Å². The minimum atomic E-state index is -0.828. The van der Waals surface area contributed by atoms with Crippen LogP contribution in [0.25, 0.3) is 0 Å². The van der Waals surface area contributed by atoms with Crippen molar-refractivity contribution in [2.24, 2.45) is 11.8 Å². The van der Waals surface area contributed by atoms with E-state index >= 15 is 0 Å². The molecule has 1 spiro atoms. The van der Waals surface area contributed by atoms with E-state index in [1.165, 1.54) is 18.4 Å². The van der Waals surface area contributed by atoms with Crippen LogP contribution in [0.15, 0.2) is 12.1 Å². The fourth-order valence-corrected chi connectivity index (χ4v) is 7.82. The van der Waals surface area contributed by atoms with Crippen molar-refractivity contribution in [3.63, 3.8) is 0 Å². The summed E-state index contributed by atoms with van der Waals surface area (Å²) in [4.78, 5) is 14.7. The van der Waals surface area contributed by atoms with Crippen LogP contribution < -0.4 is 10.1 Å². The summed E-state index contributed by atoms with van der Waals surface area (Å²) in [6.07, 6.45) is 5.83. The van der Waals surface area contributed by atoms with Crippen LogP contribution in [0.2, 0.25) is 0 Å². The van der Waals surface area contributed by atoms with E-state index in [1.807, 2.05) is 21.0 Å². The van der Waals surface area contributed by atoms with Gasteiger partial charge in [-0.15, -0.1) is 0 Å². The predicted molar refractivity (Wildman–Crippen MR) is 123 cm³/mol. The number of phenols is 1. The van der Waals surface area contributed by atoms with Crippen molar-refractivity contribution in [3.05, 3.63) is 23.3 Å². The maximum absolute atomic E-state index is 12.0. The summed E-state index contributed by atoms with van der Waals surface area (Å²) in [7, 11) is 1.85. The summed E-state index contributed by atoms with van der Waals surface area (Å²) in [5.41, 5.74) is 1.60. The number of nitrogens with zero attached hydrogens (tertiary/aromatic N) is 1. The Balaban J connectivity index is 1.47. The first-order valence-corrected chi connectivity index (χ1v) is 12.6. The van der Waals surface area contributed by atoms with Crippen LogP contribution in [0.5, 0.6) is 11.5 Å². The highest BCUT2D eigenvalue weighted by atomic mass is 16.5. The van der Waals surface area contributed by atoms with Crippen LogP contribution in [0, 0.1) is 11.8 Å². The van der Waals surface area contributed by atoms with E-state index in [1.54, 1.807) is 6.07 Å². The van der Waals surface area contributed by atoms with Gasteiger partial charge >= 0.3 is 5.97 Å². The number of benzene rings is 1. The lowest BCUT2D eigenvalue weighted by atomic mass is 9.48. The molecule has 6 rings (SSSR count). The fourth-order valence-electron chi connectivity index (χ4n) is 7.82. The number of hydrogen-bond donors (Lipinski definition) is 3. The first kappa shape index (κ1) is 21.7. The summed E-state index contributed by atoms with van der Waals surface area (Å²) < 4.78 is 13.2. The molecule has 0 amide bonds. The van der Waals surface area contributed by atoms with Gasteiger partial charge in [-0.3, -0.25) is 15.0 Å². The summed E-state index contributed by atoms with van der Waals surface area (Å²) in [6.45, 7) is 5.99. The molecule has 1 saturated heterocycles. The molecule has 5 aliphatic rings. The van der Waals surface area contributed by atoms with Gasteiger partial charge in [-0.25, -0.2) is 0 Å². The number of nitrogens with one attached hydrogen (secondary N) is 1. The third-order valence-electron chi connectivity index (χ3n) is 9.41. The lowest BCUT2D eigenvalue weighted by Crippen LogP contribution is -2.79. The molecule has 3 fully saturated rings. The third kappa shape index (κ3) is 2.82. The average Bonchev–Trinajstić information content (AvgIpc) is 3.53. The van der Waals surface area contributed by atoms with Gasteiger partial charge in [0.25, 0.3) is 0 Å². The molecule has 33 heavy (non-hydrogen) atoms. The van der Waals surface area contributed by atoms with E-state index in [-0.39, 0.29) is 35.3 Å². The van der Waals surface area contributed by atoms with Gasteiger partial charge in [-0.1, -0.05) is 19.9 Å². The Labute approximate surface area is 195 Å². The predicted octanol–water partition coefficient (Wildman–Crippen LogP) is 2.68. The average molecular weight is 457 g/mol. The van der Waals surface area contributed by atoms with Crippen LogP contribution in [0.3, 0.4) is 0 Å². The molecule has 2 bridgehead atoms. The SMILES string of the molecule is CO[C@@]12CC[C@H](NC(C(=O)O)C(C)C)[C@@H]3Oc4c(O)ccc5c4[C@@]31CCN(CC1CC1)C2C5. The van der Waals surface area contributed by atoms with Gasteiger partial charge < -0.3 is 19.7 Å². The zero-order valence-electron chi connectivity index (χ0n) is 19.8. The number of rotatable bonds is 7. The zero-order chi connectivity index (χ0) is 23.1. The highest BCUT2D eigenvalue weighted by Crippen LogP contribution is 2.66. The molecule has 180 valence electrons. The van der Waals surface area contributed by atoms with Crippen molar-refractivity contribution in [2.45, 2.75) is 87.6 Å². The van der Waals surface area contributed by atoms with Gasteiger partial charge in [0, 0.05) is 31.3 Å². The molecular weight excluding hydrogens is 420 g/mol. The number of likely N-dealkylation sites (tertiary alicyclic amines) is 1. The number of methoxy groups -OCH3 is 1. The third-order valence-corrected chi connectivity index (χ3v) is 9.41. The minimum absolute atomic E-state index is 0.0404. The second kappa shape index (κ2) is 7.33. The smallest absolute Gasteiger partial charge is 0.320 e. The topological polar surface area (TPSA) is 91.3 Å². The molecule has 3 N–H and O–H groups in total. The normalized spacial score (nSPS) is 37.5. The fraction of sp³-hybridized carbons (Fsp3) is 0.731. The molecule has 2 unspecified atom stereocenters. The molecule has 0 aromatic heterocycles. The number of ether oxygens (including phenoxy) is 2. The molecule has 6 atom stereocenters. The lowest BCUT2D eigenvalue weighted by molar-refractivity contribution is -0.208. The van der Waals surface area contributed by atoms with Crippen LogP contribution >= 0.6 is 0 Å². The Kier molecular flexibility index (Phi) is 4.82. The van der Waals surface area contributed by atoms with Gasteiger partial charge in [0.1, 0.15) is 12.1 Å². The van der Waals surface area contributed by atoms with Gasteiger partial charge in [0.2, 0.25) is 0 Å². The van der Waals surface area contributed by atoms with Crippen LogP contribution in [0.1, 0.15) is 57.1 Å². The molecule has 1 aromatic rings. The molecule has 3 aliphatic carbocycles. The van der Waals surface area contributed by atoms with Crippen molar-refractivity contribution in [1.29, 1.82) is 0 Å². The Morgan fingerprint density at radius 2 is 2.09 bits per heavy atom. The molecular formula is C26H36N2O5. The maximum Gasteiger partial charge on any atom is 0.320 e. The number of carboxylic acid groups (broad SMARTS) is 1. The number of piperidine rings is 1. The first-order chi connectivity index (χ1) is 15.8. The second-order valence-electron chi connectivity index (χ2n) is 11.3. The summed E-state index contributed by atoms with van der Waals surface area (Å²) in [5.74, 6) is 0.713.